The van der Waals surface area contributed by atoms with Crippen LogP contribution in [0.3, 0.4) is 0 Å². The molecular formula is C11H11F13O2. The lowest BCUT2D eigenvalue weighted by Gasteiger charge is -2.39. The van der Waals surface area contributed by atoms with Crippen LogP contribution in [-0.2, 0) is 4.74 Å². The lowest BCUT2D eigenvalue weighted by molar-refractivity contribution is -0.440. The first kappa shape index (κ1) is 25.0. The van der Waals surface area contributed by atoms with Crippen molar-refractivity contribution in [2.45, 2.75) is 55.2 Å². The molecule has 0 rings (SSSR count). The third-order valence-corrected chi connectivity index (χ3v) is 2.92. The first-order valence-corrected chi connectivity index (χ1v) is 6.38. The molecule has 1 atom stereocenters. The summed E-state index contributed by atoms with van der Waals surface area (Å²) < 4.78 is 169. The zero-order valence-electron chi connectivity index (χ0n) is 12.5. The molecule has 0 aromatic heterocycles. The van der Waals surface area contributed by atoms with Gasteiger partial charge >= 0.3 is 35.8 Å². The number of halogens is 13. The highest BCUT2D eigenvalue weighted by Crippen LogP contribution is 2.60. The highest BCUT2D eigenvalue weighted by Gasteiger charge is 2.90. The zero-order valence-corrected chi connectivity index (χ0v) is 12.5. The summed E-state index contributed by atoms with van der Waals surface area (Å²) in [5, 5.41) is 8.67. The molecule has 26 heavy (non-hydrogen) atoms. The second-order valence-electron chi connectivity index (χ2n) is 5.17. The molecule has 0 heterocycles. The standard InChI is InChI=1S/C11H11F13O2/c1-5(25)4-26-3-2-6(12,13)7(14,15)8(16,17)9(18,19)10(20,21)11(22,23)24/h5,25H,2-4H2,1H3. The Kier molecular flexibility index (Phi) is 6.93. The van der Waals surface area contributed by atoms with Gasteiger partial charge < -0.3 is 9.84 Å². The van der Waals surface area contributed by atoms with Gasteiger partial charge in [-0.25, -0.2) is 0 Å². The smallest absolute Gasteiger partial charge is 0.391 e. The average Bonchev–Trinajstić information content (AvgIpc) is 2.41. The summed E-state index contributed by atoms with van der Waals surface area (Å²) in [4.78, 5) is 0. The third kappa shape index (κ3) is 4.12. The number of aliphatic hydroxyl groups excluding tert-OH is 1. The lowest BCUT2D eigenvalue weighted by Crippen LogP contribution is -2.70. The Balaban J connectivity index is 5.71. The van der Waals surface area contributed by atoms with Crippen LogP contribution in [0.4, 0.5) is 57.1 Å². The van der Waals surface area contributed by atoms with Crippen molar-refractivity contribution < 1.29 is 66.9 Å². The predicted molar refractivity (Wildman–Crippen MR) is 57.9 cm³/mol. The van der Waals surface area contributed by atoms with E-state index < -0.39 is 61.5 Å². The van der Waals surface area contributed by atoms with Gasteiger partial charge in [0, 0.05) is 6.42 Å². The van der Waals surface area contributed by atoms with E-state index in [-0.39, 0.29) is 0 Å². The number of ether oxygens (including phenoxy) is 1. The summed E-state index contributed by atoms with van der Waals surface area (Å²) in [7, 11) is 0. The van der Waals surface area contributed by atoms with Gasteiger partial charge in [-0.1, -0.05) is 0 Å². The van der Waals surface area contributed by atoms with Gasteiger partial charge in [-0.05, 0) is 6.92 Å². The molecule has 15 heteroatoms. The number of hydrogen-bond donors (Lipinski definition) is 1. The average molecular weight is 422 g/mol. The van der Waals surface area contributed by atoms with E-state index in [9.17, 15) is 57.1 Å². The van der Waals surface area contributed by atoms with E-state index in [1.54, 1.807) is 0 Å². The zero-order chi connectivity index (χ0) is 21.4. The Morgan fingerprint density at radius 1 is 0.692 bits per heavy atom. The van der Waals surface area contributed by atoms with Crippen molar-refractivity contribution in [2.75, 3.05) is 13.2 Å². The Hall–Kier alpha value is -0.990. The van der Waals surface area contributed by atoms with Crippen LogP contribution in [0.25, 0.3) is 0 Å². The van der Waals surface area contributed by atoms with E-state index in [0.717, 1.165) is 6.92 Å². The van der Waals surface area contributed by atoms with E-state index in [2.05, 4.69) is 4.74 Å². The largest absolute Gasteiger partial charge is 0.460 e. The molecular weight excluding hydrogens is 411 g/mol. The molecule has 0 aromatic carbocycles. The Morgan fingerprint density at radius 2 is 1.08 bits per heavy atom. The Morgan fingerprint density at radius 3 is 1.42 bits per heavy atom. The van der Waals surface area contributed by atoms with Crippen LogP contribution < -0.4 is 0 Å². The molecule has 0 bridgehead atoms. The normalized spacial score (nSPS) is 16.7. The number of alkyl halides is 13. The van der Waals surface area contributed by atoms with Crippen LogP contribution >= 0.6 is 0 Å². The van der Waals surface area contributed by atoms with Gasteiger partial charge in [-0.3, -0.25) is 0 Å². The van der Waals surface area contributed by atoms with Crippen molar-refractivity contribution in [2.24, 2.45) is 0 Å². The molecule has 0 fully saturated rings. The first-order chi connectivity index (χ1) is 11.2. The number of hydrogen-bond acceptors (Lipinski definition) is 2. The molecule has 0 saturated heterocycles. The topological polar surface area (TPSA) is 29.5 Å². The van der Waals surface area contributed by atoms with Crippen LogP contribution in [-0.4, -0.2) is 60.2 Å². The fraction of sp³-hybridized carbons (Fsp3) is 1.00. The minimum atomic E-state index is -7.90. The molecule has 0 aromatic rings. The molecule has 0 radical (unpaired) electrons. The van der Waals surface area contributed by atoms with Crippen molar-refractivity contribution in [3.63, 3.8) is 0 Å². The minimum absolute atomic E-state index is 0.764. The van der Waals surface area contributed by atoms with E-state index >= 15 is 0 Å². The highest BCUT2D eigenvalue weighted by atomic mass is 19.4. The fourth-order valence-corrected chi connectivity index (χ4v) is 1.41. The summed E-state index contributed by atoms with van der Waals surface area (Å²) in [5.74, 6) is -36.9. The fourth-order valence-electron chi connectivity index (χ4n) is 1.41. The molecule has 0 aliphatic carbocycles. The summed E-state index contributed by atoms with van der Waals surface area (Å²) in [6.45, 7) is -1.26. The summed E-state index contributed by atoms with van der Waals surface area (Å²) in [6, 6.07) is 0. The number of aliphatic hydroxyl groups is 1. The predicted octanol–water partition coefficient (Wildman–Crippen LogP) is 4.51. The summed E-state index contributed by atoms with van der Waals surface area (Å²) in [6.07, 6.45) is -11.2. The molecule has 1 unspecified atom stereocenters. The van der Waals surface area contributed by atoms with Gasteiger partial charge in [0.2, 0.25) is 0 Å². The lowest BCUT2D eigenvalue weighted by atomic mass is 9.93. The van der Waals surface area contributed by atoms with E-state index in [4.69, 9.17) is 5.11 Å². The molecule has 2 nitrogen and oxygen atoms in total. The van der Waals surface area contributed by atoms with E-state index in [1.165, 1.54) is 0 Å². The maximum atomic E-state index is 13.2. The van der Waals surface area contributed by atoms with Gasteiger partial charge in [0.25, 0.3) is 0 Å². The molecule has 0 saturated carbocycles. The van der Waals surface area contributed by atoms with Crippen molar-refractivity contribution in [1.82, 2.24) is 0 Å². The SMILES string of the molecule is CC(O)COCCC(F)(F)C(F)(F)C(F)(F)C(F)(F)C(F)(F)C(F)(F)F. The second-order valence-corrected chi connectivity index (χ2v) is 5.17. The minimum Gasteiger partial charge on any atom is -0.391 e. The highest BCUT2D eigenvalue weighted by molar-refractivity contribution is 5.10. The first-order valence-electron chi connectivity index (χ1n) is 6.38. The van der Waals surface area contributed by atoms with Crippen molar-refractivity contribution in [3.8, 4) is 0 Å². The molecule has 0 aliphatic heterocycles. The van der Waals surface area contributed by atoms with Gasteiger partial charge in [-0.2, -0.15) is 57.1 Å². The maximum absolute atomic E-state index is 13.2. The van der Waals surface area contributed by atoms with Crippen molar-refractivity contribution in [1.29, 1.82) is 0 Å². The quantitative estimate of drug-likeness (QED) is 0.438. The van der Waals surface area contributed by atoms with Crippen molar-refractivity contribution in [3.05, 3.63) is 0 Å². The monoisotopic (exact) mass is 422 g/mol. The molecule has 0 amide bonds. The van der Waals surface area contributed by atoms with E-state index in [1.807, 2.05) is 0 Å². The maximum Gasteiger partial charge on any atom is 0.460 e. The van der Waals surface area contributed by atoms with Gasteiger partial charge in [0.15, 0.2) is 0 Å². The van der Waals surface area contributed by atoms with Crippen LogP contribution in [0.15, 0.2) is 0 Å². The van der Waals surface area contributed by atoms with Crippen LogP contribution in [0.2, 0.25) is 0 Å². The van der Waals surface area contributed by atoms with Crippen LogP contribution in [0.1, 0.15) is 13.3 Å². The third-order valence-electron chi connectivity index (χ3n) is 2.92. The van der Waals surface area contributed by atoms with Gasteiger partial charge in [0.1, 0.15) is 0 Å². The van der Waals surface area contributed by atoms with Crippen LogP contribution in [0, 0.1) is 0 Å². The molecule has 158 valence electrons. The molecule has 1 N–H and O–H groups in total. The van der Waals surface area contributed by atoms with Gasteiger partial charge in [-0.15, -0.1) is 0 Å². The summed E-state index contributed by atoms with van der Waals surface area (Å²) >= 11 is 0. The Bertz CT molecular complexity index is 469. The summed E-state index contributed by atoms with van der Waals surface area (Å²) in [5.41, 5.74) is 0. The molecule has 0 aliphatic rings. The number of rotatable bonds is 9. The van der Waals surface area contributed by atoms with Crippen LogP contribution in [0.5, 0.6) is 0 Å². The Labute approximate surface area is 136 Å². The molecule has 0 spiro atoms. The van der Waals surface area contributed by atoms with E-state index in [0.29, 0.717) is 0 Å². The van der Waals surface area contributed by atoms with Gasteiger partial charge in [0.05, 0.1) is 19.3 Å². The van der Waals surface area contributed by atoms with Crippen molar-refractivity contribution >= 4 is 0 Å². The second kappa shape index (κ2) is 7.20.